The first-order valence-electron chi connectivity index (χ1n) is 6.55. The van der Waals surface area contributed by atoms with E-state index < -0.39 is 12.8 Å². The van der Waals surface area contributed by atoms with E-state index in [1.807, 2.05) is 0 Å². The van der Waals surface area contributed by atoms with Gasteiger partial charge in [-0.15, -0.1) is 0 Å². The molecule has 0 unspecified atom stereocenters. The van der Waals surface area contributed by atoms with Crippen molar-refractivity contribution in [3.05, 3.63) is 0 Å². The molecule has 6 heteroatoms. The van der Waals surface area contributed by atoms with E-state index in [2.05, 4.69) is 10.1 Å². The van der Waals surface area contributed by atoms with Crippen molar-refractivity contribution in [2.24, 2.45) is 0 Å². The van der Waals surface area contributed by atoms with Gasteiger partial charge in [0.05, 0.1) is 12.7 Å². The van der Waals surface area contributed by atoms with Crippen molar-refractivity contribution in [2.45, 2.75) is 44.4 Å². The molecule has 0 aliphatic heterocycles. The summed E-state index contributed by atoms with van der Waals surface area (Å²) in [5.74, 6) is 0. The van der Waals surface area contributed by atoms with E-state index in [-0.39, 0.29) is 6.61 Å². The fourth-order valence-electron chi connectivity index (χ4n) is 1.96. The van der Waals surface area contributed by atoms with Gasteiger partial charge >= 0.3 is 6.18 Å². The maximum absolute atomic E-state index is 11.7. The van der Waals surface area contributed by atoms with Crippen LogP contribution in [-0.2, 0) is 9.47 Å². The number of hydrogen-bond acceptors (Lipinski definition) is 3. The minimum absolute atomic E-state index is 0.135. The summed E-state index contributed by atoms with van der Waals surface area (Å²) in [5, 5.41) is 3.12. The van der Waals surface area contributed by atoms with Crippen molar-refractivity contribution in [1.29, 1.82) is 0 Å². The quantitative estimate of drug-likeness (QED) is 0.652. The van der Waals surface area contributed by atoms with Gasteiger partial charge < -0.3 is 14.8 Å². The monoisotopic (exact) mass is 269 g/mol. The highest BCUT2D eigenvalue weighted by atomic mass is 19.4. The van der Waals surface area contributed by atoms with Crippen LogP contribution < -0.4 is 5.32 Å². The Hall–Kier alpha value is -0.330. The van der Waals surface area contributed by atoms with Crippen molar-refractivity contribution < 1.29 is 22.6 Å². The van der Waals surface area contributed by atoms with Crippen LogP contribution in [0.1, 0.15) is 32.1 Å². The molecule has 0 atom stereocenters. The summed E-state index contributed by atoms with van der Waals surface area (Å²) in [6, 6.07) is 0. The van der Waals surface area contributed by atoms with Crippen molar-refractivity contribution in [3.63, 3.8) is 0 Å². The number of halogens is 3. The maximum atomic E-state index is 11.7. The average Bonchev–Trinajstić information content (AvgIpc) is 2.78. The van der Waals surface area contributed by atoms with E-state index in [1.54, 1.807) is 0 Å². The Balaban J connectivity index is 1.76. The second-order valence-corrected chi connectivity index (χ2v) is 4.55. The number of alkyl halides is 3. The van der Waals surface area contributed by atoms with E-state index in [0.717, 1.165) is 19.4 Å². The maximum Gasteiger partial charge on any atom is 0.411 e. The second-order valence-electron chi connectivity index (χ2n) is 4.55. The van der Waals surface area contributed by atoms with E-state index in [9.17, 15) is 13.2 Å². The summed E-state index contributed by atoms with van der Waals surface area (Å²) in [5.41, 5.74) is 0. The molecule has 1 fully saturated rings. The highest BCUT2D eigenvalue weighted by Gasteiger charge is 2.27. The van der Waals surface area contributed by atoms with Gasteiger partial charge in [-0.3, -0.25) is 0 Å². The largest absolute Gasteiger partial charge is 0.411 e. The zero-order chi connectivity index (χ0) is 13.3. The van der Waals surface area contributed by atoms with Crippen LogP contribution in [0.3, 0.4) is 0 Å². The molecule has 18 heavy (non-hydrogen) atoms. The first-order valence-corrected chi connectivity index (χ1v) is 6.55. The first-order chi connectivity index (χ1) is 8.58. The van der Waals surface area contributed by atoms with E-state index in [1.165, 1.54) is 12.8 Å². The van der Waals surface area contributed by atoms with Gasteiger partial charge in [-0.2, -0.15) is 13.2 Å². The lowest BCUT2D eigenvalue weighted by molar-refractivity contribution is -0.173. The normalized spacial score (nSPS) is 17.5. The Morgan fingerprint density at radius 2 is 1.78 bits per heavy atom. The minimum Gasteiger partial charge on any atom is -0.377 e. The van der Waals surface area contributed by atoms with Gasteiger partial charge in [0, 0.05) is 13.2 Å². The van der Waals surface area contributed by atoms with Crippen LogP contribution in [0.2, 0.25) is 0 Å². The third-order valence-corrected chi connectivity index (χ3v) is 2.84. The number of hydrogen-bond donors (Lipinski definition) is 1. The third-order valence-electron chi connectivity index (χ3n) is 2.84. The van der Waals surface area contributed by atoms with E-state index in [4.69, 9.17) is 4.74 Å². The summed E-state index contributed by atoms with van der Waals surface area (Å²) in [4.78, 5) is 0. The van der Waals surface area contributed by atoms with Crippen molar-refractivity contribution in [1.82, 2.24) is 5.32 Å². The Kier molecular flexibility index (Phi) is 7.62. The molecule has 0 aromatic heterocycles. The molecule has 0 saturated heterocycles. The topological polar surface area (TPSA) is 30.5 Å². The molecule has 1 rings (SSSR count). The van der Waals surface area contributed by atoms with Crippen LogP contribution in [0.15, 0.2) is 0 Å². The van der Waals surface area contributed by atoms with Gasteiger partial charge in [-0.25, -0.2) is 0 Å². The predicted molar refractivity (Wildman–Crippen MR) is 62.6 cm³/mol. The number of nitrogens with one attached hydrogen (secondary N) is 1. The average molecular weight is 269 g/mol. The van der Waals surface area contributed by atoms with Crippen LogP contribution in [0.5, 0.6) is 0 Å². The smallest absolute Gasteiger partial charge is 0.377 e. The van der Waals surface area contributed by atoms with Crippen LogP contribution in [0, 0.1) is 0 Å². The van der Waals surface area contributed by atoms with Gasteiger partial charge in [0.15, 0.2) is 0 Å². The zero-order valence-electron chi connectivity index (χ0n) is 10.6. The SMILES string of the molecule is FC(F)(F)COCCCNCCOC1CCCC1. The van der Waals surface area contributed by atoms with Crippen LogP contribution in [0.4, 0.5) is 13.2 Å². The van der Waals surface area contributed by atoms with Gasteiger partial charge in [0.2, 0.25) is 0 Å². The molecular weight excluding hydrogens is 247 g/mol. The Bertz CT molecular complexity index is 206. The molecule has 0 aromatic rings. The predicted octanol–water partition coefficient (Wildman–Crippen LogP) is 2.50. The van der Waals surface area contributed by atoms with Crippen LogP contribution >= 0.6 is 0 Å². The fraction of sp³-hybridized carbons (Fsp3) is 1.00. The van der Waals surface area contributed by atoms with Gasteiger partial charge in [-0.1, -0.05) is 12.8 Å². The Morgan fingerprint density at radius 3 is 2.44 bits per heavy atom. The van der Waals surface area contributed by atoms with Crippen molar-refractivity contribution >= 4 is 0 Å². The summed E-state index contributed by atoms with van der Waals surface area (Å²) in [7, 11) is 0. The summed E-state index contributed by atoms with van der Waals surface area (Å²) < 4.78 is 45.3. The molecule has 108 valence electrons. The Morgan fingerprint density at radius 1 is 1.06 bits per heavy atom. The zero-order valence-corrected chi connectivity index (χ0v) is 10.6. The van der Waals surface area contributed by atoms with Gasteiger partial charge in [-0.05, 0) is 25.8 Å². The lowest BCUT2D eigenvalue weighted by Gasteiger charge is -2.11. The number of rotatable bonds is 9. The molecule has 0 heterocycles. The summed E-state index contributed by atoms with van der Waals surface area (Å²) in [6.45, 7) is 1.06. The van der Waals surface area contributed by atoms with E-state index in [0.29, 0.717) is 25.7 Å². The minimum atomic E-state index is -4.22. The highest BCUT2D eigenvalue weighted by Crippen LogP contribution is 2.20. The fourth-order valence-corrected chi connectivity index (χ4v) is 1.96. The van der Waals surface area contributed by atoms with Crippen molar-refractivity contribution in [3.8, 4) is 0 Å². The second kappa shape index (κ2) is 8.72. The summed E-state index contributed by atoms with van der Waals surface area (Å²) in [6.07, 6.45) is 1.61. The number of ether oxygens (including phenoxy) is 2. The molecule has 0 aromatic carbocycles. The van der Waals surface area contributed by atoms with Crippen LogP contribution in [0.25, 0.3) is 0 Å². The Labute approximate surface area is 106 Å². The highest BCUT2D eigenvalue weighted by molar-refractivity contribution is 4.66. The van der Waals surface area contributed by atoms with E-state index >= 15 is 0 Å². The molecule has 3 nitrogen and oxygen atoms in total. The molecule has 1 aliphatic rings. The molecule has 0 radical (unpaired) electrons. The standard InChI is InChI=1S/C12H22F3NO2/c13-12(14,15)10-17-8-3-6-16-7-9-18-11-4-1-2-5-11/h11,16H,1-10H2. The lowest BCUT2D eigenvalue weighted by Crippen LogP contribution is -2.24. The van der Waals surface area contributed by atoms with Gasteiger partial charge in [0.25, 0.3) is 0 Å². The van der Waals surface area contributed by atoms with Gasteiger partial charge in [0.1, 0.15) is 6.61 Å². The van der Waals surface area contributed by atoms with Crippen LogP contribution in [-0.4, -0.2) is 45.2 Å². The first kappa shape index (κ1) is 15.7. The van der Waals surface area contributed by atoms with Crippen molar-refractivity contribution in [2.75, 3.05) is 32.9 Å². The summed E-state index contributed by atoms with van der Waals surface area (Å²) >= 11 is 0. The molecule has 1 aliphatic carbocycles. The molecule has 1 saturated carbocycles. The molecular formula is C12H22F3NO2. The molecule has 1 N–H and O–H groups in total. The lowest BCUT2D eigenvalue weighted by atomic mass is 10.3. The molecule has 0 spiro atoms. The molecule has 0 bridgehead atoms. The third kappa shape index (κ3) is 8.72. The molecule has 0 amide bonds.